The molecule has 0 atom stereocenters. The SMILES string of the molecule is Cn1c(=O)c2c(Br)c(Br)c3c(=O)n(C)c(=O)c4c5sc(=CC#N)sc5c(c1=O)c2c34. The predicted molar refractivity (Wildman–Crippen MR) is 127 cm³/mol. The van der Waals surface area contributed by atoms with Gasteiger partial charge >= 0.3 is 0 Å². The molecule has 0 aliphatic heterocycles. The molecule has 3 heterocycles. The Bertz CT molecular complexity index is 1810. The molecule has 0 radical (unpaired) electrons. The van der Waals surface area contributed by atoms with Gasteiger partial charge in [0.15, 0.2) is 0 Å². The monoisotopic (exact) mass is 563 g/mol. The first-order valence-electron chi connectivity index (χ1n) is 8.35. The quantitative estimate of drug-likeness (QED) is 0.269. The van der Waals surface area contributed by atoms with Gasteiger partial charge in [0.1, 0.15) is 0 Å². The molecular formula is C19H7Br2N3O4S2. The molecule has 2 aromatic carbocycles. The summed E-state index contributed by atoms with van der Waals surface area (Å²) in [6.45, 7) is 0. The molecule has 0 aliphatic carbocycles. The highest BCUT2D eigenvalue weighted by molar-refractivity contribution is 9.13. The Morgan fingerprint density at radius 2 is 1.10 bits per heavy atom. The van der Waals surface area contributed by atoms with E-state index < -0.39 is 22.2 Å². The third-order valence-corrected chi connectivity index (χ3v) is 9.81. The van der Waals surface area contributed by atoms with Gasteiger partial charge in [-0.2, -0.15) is 5.26 Å². The Morgan fingerprint density at radius 1 is 0.733 bits per heavy atom. The van der Waals surface area contributed by atoms with Crippen LogP contribution in [0.15, 0.2) is 28.1 Å². The molecule has 5 rings (SSSR count). The number of nitrogens with zero attached hydrogens (tertiary/aromatic N) is 3. The highest BCUT2D eigenvalue weighted by atomic mass is 79.9. The molecule has 0 spiro atoms. The molecule has 5 aromatic rings. The lowest BCUT2D eigenvalue weighted by Gasteiger charge is -2.15. The van der Waals surface area contributed by atoms with Crippen molar-refractivity contribution >= 4 is 102 Å². The van der Waals surface area contributed by atoms with Crippen molar-refractivity contribution in [2.24, 2.45) is 14.1 Å². The van der Waals surface area contributed by atoms with Crippen molar-refractivity contribution in [3.05, 3.63) is 54.2 Å². The lowest BCUT2D eigenvalue weighted by molar-refractivity contribution is 0.838. The molecule has 11 heteroatoms. The molecule has 0 saturated carbocycles. The van der Waals surface area contributed by atoms with E-state index in [1.807, 2.05) is 6.07 Å². The second-order valence-electron chi connectivity index (χ2n) is 6.67. The minimum absolute atomic E-state index is 0.218. The zero-order valence-corrected chi connectivity index (χ0v) is 19.9. The number of hydrogen-bond acceptors (Lipinski definition) is 7. The fourth-order valence-electron chi connectivity index (χ4n) is 3.84. The number of fused-ring (bicyclic) bond motifs is 3. The molecule has 3 aromatic heterocycles. The van der Waals surface area contributed by atoms with E-state index in [1.54, 1.807) is 0 Å². The first-order chi connectivity index (χ1) is 14.2. The fraction of sp³-hybridized carbons (Fsp3) is 0.105. The average Bonchev–Trinajstić information content (AvgIpc) is 3.12. The Hall–Kier alpha value is -2.39. The van der Waals surface area contributed by atoms with Gasteiger partial charge in [-0.05, 0) is 31.9 Å². The van der Waals surface area contributed by atoms with Crippen LogP contribution in [-0.2, 0) is 14.1 Å². The zero-order valence-electron chi connectivity index (χ0n) is 15.1. The van der Waals surface area contributed by atoms with Crippen molar-refractivity contribution < 1.29 is 0 Å². The third-order valence-electron chi connectivity index (χ3n) is 5.20. The van der Waals surface area contributed by atoms with Gasteiger partial charge in [0, 0.05) is 39.9 Å². The summed E-state index contributed by atoms with van der Waals surface area (Å²) < 4.78 is 4.38. The molecule has 0 fully saturated rings. The maximum Gasteiger partial charge on any atom is 0.262 e. The standard InChI is InChI=1S/C19H7Br2N3O4S2/c1-23-16(25)8-6-7-9(13(21)12(8)20)17(26)24(2)19(28)11(7)15-14(10(6)18(23)27)29-5(30-15)3-4-22/h3H,1-2H3. The van der Waals surface area contributed by atoms with Gasteiger partial charge in [-0.3, -0.25) is 28.3 Å². The van der Waals surface area contributed by atoms with E-state index in [0.29, 0.717) is 33.0 Å². The first kappa shape index (κ1) is 19.6. The zero-order chi connectivity index (χ0) is 21.6. The molecule has 30 heavy (non-hydrogen) atoms. The Balaban J connectivity index is 2.45. The second kappa shape index (κ2) is 6.31. The minimum atomic E-state index is -0.528. The van der Waals surface area contributed by atoms with Crippen LogP contribution in [0.1, 0.15) is 0 Å². The summed E-state index contributed by atoms with van der Waals surface area (Å²) >= 11 is 9.24. The summed E-state index contributed by atoms with van der Waals surface area (Å²) in [6, 6.07) is 1.97. The Labute approximate surface area is 190 Å². The molecule has 0 saturated heterocycles. The van der Waals surface area contributed by atoms with Crippen molar-refractivity contribution in [2.45, 2.75) is 0 Å². The van der Waals surface area contributed by atoms with E-state index in [1.165, 1.54) is 42.8 Å². The van der Waals surface area contributed by atoms with Crippen molar-refractivity contribution in [3.63, 3.8) is 0 Å². The summed E-state index contributed by atoms with van der Waals surface area (Å²) in [5.74, 6) is 0. The molecule has 148 valence electrons. The fourth-order valence-corrected chi connectivity index (χ4v) is 7.48. The van der Waals surface area contributed by atoms with Crippen LogP contribution in [0.25, 0.3) is 47.8 Å². The van der Waals surface area contributed by atoms with Crippen LogP contribution in [-0.4, -0.2) is 9.13 Å². The van der Waals surface area contributed by atoms with E-state index in [2.05, 4.69) is 31.9 Å². The topological polar surface area (TPSA) is 102 Å². The lowest BCUT2D eigenvalue weighted by atomic mass is 9.96. The normalized spacial score (nSPS) is 11.8. The largest absolute Gasteiger partial charge is 0.277 e. The molecule has 0 aliphatic rings. The van der Waals surface area contributed by atoms with Crippen LogP contribution in [0, 0.1) is 11.3 Å². The van der Waals surface area contributed by atoms with Gasteiger partial charge in [0.2, 0.25) is 0 Å². The Morgan fingerprint density at radius 3 is 1.47 bits per heavy atom. The molecular weight excluding hydrogens is 558 g/mol. The molecule has 0 N–H and O–H groups in total. The smallest absolute Gasteiger partial charge is 0.262 e. The number of hydrogen-bond donors (Lipinski definition) is 0. The minimum Gasteiger partial charge on any atom is -0.277 e. The number of pyridine rings is 2. The maximum absolute atomic E-state index is 13.2. The van der Waals surface area contributed by atoms with Crippen molar-refractivity contribution in [1.29, 1.82) is 5.26 Å². The summed E-state index contributed by atoms with van der Waals surface area (Å²) in [5.41, 5.74) is -2.08. The van der Waals surface area contributed by atoms with Gasteiger partial charge in [0.25, 0.3) is 22.2 Å². The van der Waals surface area contributed by atoms with Crippen LogP contribution < -0.4 is 26.1 Å². The lowest BCUT2D eigenvalue weighted by Crippen LogP contribution is -2.33. The van der Waals surface area contributed by atoms with Crippen molar-refractivity contribution in [2.75, 3.05) is 0 Å². The van der Waals surface area contributed by atoms with Gasteiger partial charge in [-0.1, -0.05) is 0 Å². The highest BCUT2D eigenvalue weighted by Crippen LogP contribution is 2.44. The summed E-state index contributed by atoms with van der Waals surface area (Å²) in [6.07, 6.45) is 1.34. The van der Waals surface area contributed by atoms with Crippen molar-refractivity contribution in [1.82, 2.24) is 9.13 Å². The van der Waals surface area contributed by atoms with E-state index >= 15 is 0 Å². The molecule has 0 amide bonds. The van der Waals surface area contributed by atoms with Crippen molar-refractivity contribution in [3.8, 4) is 6.07 Å². The summed E-state index contributed by atoms with van der Waals surface area (Å²) in [4.78, 5) is 52.4. The highest BCUT2D eigenvalue weighted by Gasteiger charge is 2.28. The number of aromatic nitrogens is 2. The molecule has 7 nitrogen and oxygen atoms in total. The number of rotatable bonds is 0. The van der Waals surface area contributed by atoms with Gasteiger partial charge in [-0.25, -0.2) is 0 Å². The van der Waals surface area contributed by atoms with Gasteiger partial charge in [-0.15, -0.1) is 22.7 Å². The third kappa shape index (κ3) is 2.17. The molecule has 0 bridgehead atoms. The predicted octanol–water partition coefficient (Wildman–Crippen LogP) is 2.53. The molecule has 0 unspecified atom stereocenters. The maximum atomic E-state index is 13.2. The van der Waals surface area contributed by atoms with Gasteiger partial charge < -0.3 is 0 Å². The first-order valence-corrected chi connectivity index (χ1v) is 11.6. The number of nitriles is 1. The van der Waals surface area contributed by atoms with Gasteiger partial charge in [0.05, 0.1) is 40.9 Å². The van der Waals surface area contributed by atoms with E-state index in [9.17, 15) is 19.2 Å². The summed E-state index contributed by atoms with van der Waals surface area (Å²) in [7, 11) is 2.78. The van der Waals surface area contributed by atoms with E-state index in [0.717, 1.165) is 9.13 Å². The number of benzene rings is 2. The average molecular weight is 565 g/mol. The summed E-state index contributed by atoms with van der Waals surface area (Å²) in [5, 5.41) is 10.6. The van der Waals surface area contributed by atoms with E-state index in [4.69, 9.17) is 5.26 Å². The van der Waals surface area contributed by atoms with Crippen LogP contribution in [0.3, 0.4) is 0 Å². The number of halogens is 2. The van der Waals surface area contributed by atoms with E-state index in [-0.39, 0.29) is 21.5 Å². The Kier molecular flexibility index (Phi) is 4.11. The van der Waals surface area contributed by atoms with Crippen LogP contribution >= 0.6 is 54.5 Å². The van der Waals surface area contributed by atoms with Crippen LogP contribution in [0.5, 0.6) is 0 Å². The van der Waals surface area contributed by atoms with Crippen LogP contribution in [0.2, 0.25) is 0 Å². The van der Waals surface area contributed by atoms with Crippen LogP contribution in [0.4, 0.5) is 0 Å². The second-order valence-corrected chi connectivity index (χ2v) is 10.6.